The second-order valence-electron chi connectivity index (χ2n) is 16.2. The van der Waals surface area contributed by atoms with Gasteiger partial charge in [0.15, 0.2) is 11.9 Å². The number of alkyl halides is 1. The molecule has 366 valence electrons. The highest BCUT2D eigenvalue weighted by Gasteiger charge is 2.31. The maximum atomic E-state index is 15.4. The fourth-order valence-corrected chi connectivity index (χ4v) is 8.66. The van der Waals surface area contributed by atoms with E-state index in [1.807, 2.05) is 66.7 Å². The van der Waals surface area contributed by atoms with E-state index in [1.54, 1.807) is 12.1 Å². The number of benzene rings is 5. The van der Waals surface area contributed by atoms with Gasteiger partial charge in [-0.05, 0) is 91.4 Å². The quantitative estimate of drug-likeness (QED) is 0.0595. The smallest absolute Gasteiger partial charge is 0.405 e. The van der Waals surface area contributed by atoms with Crippen molar-refractivity contribution in [1.29, 1.82) is 0 Å². The molecule has 3 saturated heterocycles. The maximum absolute atomic E-state index is 15.4. The number of nitrogens with zero attached hydrogens (tertiary/aromatic N) is 3. The van der Waals surface area contributed by atoms with Crippen molar-refractivity contribution in [3.8, 4) is 11.5 Å². The molecule has 2 N–H and O–H groups in total. The summed E-state index contributed by atoms with van der Waals surface area (Å²) in [5.74, 6) is 0.305. The van der Waals surface area contributed by atoms with Gasteiger partial charge in [0.1, 0.15) is 36.3 Å². The van der Waals surface area contributed by atoms with E-state index in [2.05, 4.69) is 49.0 Å². The Morgan fingerprint density at radius 3 is 1.93 bits per heavy atom. The molecule has 8 rings (SSSR count). The molecule has 5 aromatic rings. The zero-order valence-electron chi connectivity index (χ0n) is 37.9. The summed E-state index contributed by atoms with van der Waals surface area (Å²) in [6, 6.07) is 36.0. The van der Waals surface area contributed by atoms with Gasteiger partial charge in [-0.2, -0.15) is 0 Å². The lowest BCUT2D eigenvalue weighted by atomic mass is 10.0. The van der Waals surface area contributed by atoms with Gasteiger partial charge >= 0.3 is 5.43 Å². The first-order valence-corrected chi connectivity index (χ1v) is 24.2. The van der Waals surface area contributed by atoms with Crippen molar-refractivity contribution < 1.29 is 42.4 Å². The van der Waals surface area contributed by atoms with Gasteiger partial charge in [-0.25, -0.2) is 13.6 Å². The van der Waals surface area contributed by atoms with Gasteiger partial charge in [-0.15, -0.1) is 0 Å². The van der Waals surface area contributed by atoms with Crippen LogP contribution in [0.2, 0.25) is 10.0 Å². The lowest BCUT2D eigenvalue weighted by Crippen LogP contribution is -2.48. The van der Waals surface area contributed by atoms with E-state index in [1.165, 1.54) is 24.6 Å². The van der Waals surface area contributed by atoms with Crippen LogP contribution < -0.4 is 24.6 Å². The number of carbonyl (C=O) groups excluding carboxylic acids is 1. The fraction of sp³-hybridized carbons (Fsp3) is 0.392. The molecule has 17 heteroatoms. The van der Waals surface area contributed by atoms with E-state index in [0.717, 1.165) is 69.7 Å². The van der Waals surface area contributed by atoms with Crippen molar-refractivity contribution in [2.45, 2.75) is 56.7 Å². The predicted octanol–water partition coefficient (Wildman–Crippen LogP) is 11.4. The molecule has 11 nitrogen and oxygen atoms in total. The number of hydrogen-bond donors (Lipinski definition) is 2. The molecule has 0 spiro atoms. The molecule has 3 fully saturated rings. The van der Waals surface area contributed by atoms with Gasteiger partial charge in [-0.3, -0.25) is 4.90 Å². The number of nitrogens with one attached hydrogen (secondary N) is 1. The monoisotopic (exact) mass is 1020 g/mol. The Labute approximate surface area is 417 Å². The largest absolute Gasteiger partial charge is 0.491 e. The molecule has 3 heterocycles. The summed E-state index contributed by atoms with van der Waals surface area (Å²) < 4.78 is 56.5. The Morgan fingerprint density at radius 1 is 0.779 bits per heavy atom. The first-order chi connectivity index (χ1) is 33.0. The summed E-state index contributed by atoms with van der Waals surface area (Å²) in [6.07, 6.45) is 2.97. The lowest BCUT2D eigenvalue weighted by Gasteiger charge is -2.43. The van der Waals surface area contributed by atoms with Crippen molar-refractivity contribution in [2.24, 2.45) is 0 Å². The average molecular weight is 1020 g/mol. The van der Waals surface area contributed by atoms with Crippen LogP contribution in [0.5, 0.6) is 11.5 Å². The third-order valence-electron chi connectivity index (χ3n) is 11.3. The van der Waals surface area contributed by atoms with Gasteiger partial charge in [-0.1, -0.05) is 89.4 Å². The van der Waals surface area contributed by atoms with Crippen molar-refractivity contribution in [3.63, 3.8) is 0 Å². The normalized spacial score (nSPS) is 18.9. The zero-order chi connectivity index (χ0) is 48.3. The van der Waals surface area contributed by atoms with Crippen LogP contribution in [0.1, 0.15) is 55.0 Å². The first kappa shape index (κ1) is 53.0. The van der Waals surface area contributed by atoms with E-state index in [9.17, 15) is 9.18 Å². The Morgan fingerprint density at radius 2 is 1.38 bits per heavy atom. The number of rotatable bonds is 15. The van der Waals surface area contributed by atoms with Crippen LogP contribution in [0.15, 0.2) is 115 Å². The topological polar surface area (TPSA) is 105 Å². The summed E-state index contributed by atoms with van der Waals surface area (Å²) >= 11 is 22.0. The SMILES string of the molecule is CC(Cl)OC(=O)Cl.Fc1cc(OCCOC2CCCCO2)ccc1N1CCN(Cc2ccccc2)C[C@H]1c1ccc(Cl)cc1.OCCOc1ccc(N2CCNC[C@H]2c2ccc(Cl)cc2)c(F)c1. The number of ether oxygens (including phenoxy) is 5. The third kappa shape index (κ3) is 16.6. The van der Waals surface area contributed by atoms with Crippen LogP contribution >= 0.6 is 46.4 Å². The highest BCUT2D eigenvalue weighted by Crippen LogP contribution is 2.36. The van der Waals surface area contributed by atoms with E-state index in [0.29, 0.717) is 59.2 Å². The molecule has 2 unspecified atom stereocenters. The summed E-state index contributed by atoms with van der Waals surface area (Å²) in [5, 5.41) is 13.5. The highest BCUT2D eigenvalue weighted by molar-refractivity contribution is 6.61. The van der Waals surface area contributed by atoms with Crippen LogP contribution in [0.25, 0.3) is 0 Å². The summed E-state index contributed by atoms with van der Waals surface area (Å²) in [6.45, 7) is 8.52. The second kappa shape index (κ2) is 27.7. The minimum atomic E-state index is -0.873. The Balaban J connectivity index is 0.000000210. The molecule has 4 atom stereocenters. The number of anilines is 2. The first-order valence-electron chi connectivity index (χ1n) is 22.7. The standard InChI is InChI=1S/C30H34ClFN2O3.C18H20ClFN2O2.C3H4Cl2O2/c31-25-11-9-24(10-12-25)29-22-33(21-23-6-2-1-3-7-23)15-16-34(29)28-14-13-26(20-27(28)32)35-18-19-37-30-8-4-5-17-36-30;19-14-3-1-13(2-4-14)18-12-21-7-8-22(18)17-6-5-15(11-16(17)20)24-10-9-23;1-2(4)7-3(5)6/h1-3,6-7,9-14,20,29-30H,4-5,8,15-19,21-22H2;1-6,11,18,21,23H,7-10,12H2;2H,1H3/t29-,30?;18-;/m00./s1. The molecule has 0 radical (unpaired) electrons. The van der Waals surface area contributed by atoms with Gasteiger partial charge < -0.3 is 43.9 Å². The molecule has 0 aliphatic carbocycles. The van der Waals surface area contributed by atoms with Gasteiger partial charge in [0.2, 0.25) is 0 Å². The number of aliphatic hydroxyl groups is 1. The molecule has 68 heavy (non-hydrogen) atoms. The molecule has 3 aliphatic rings. The Bertz CT molecular complexity index is 2280. The average Bonchev–Trinajstić information content (AvgIpc) is 3.34. The number of carbonyl (C=O) groups is 1. The lowest BCUT2D eigenvalue weighted by molar-refractivity contribution is -0.165. The van der Waals surface area contributed by atoms with Gasteiger partial charge in [0.05, 0.1) is 36.7 Å². The molecule has 0 amide bonds. The third-order valence-corrected chi connectivity index (χ3v) is 12.0. The van der Waals surface area contributed by atoms with Crippen LogP contribution in [0, 0.1) is 11.6 Å². The molecule has 5 aromatic carbocycles. The van der Waals surface area contributed by atoms with E-state index in [-0.39, 0.29) is 43.2 Å². The Hall–Kier alpha value is -4.41. The Kier molecular flexibility index (Phi) is 21.6. The molecular weight excluding hydrogens is 960 g/mol. The minimum Gasteiger partial charge on any atom is -0.491 e. The van der Waals surface area contributed by atoms with E-state index >= 15 is 4.39 Å². The number of aliphatic hydroxyl groups excluding tert-OH is 1. The van der Waals surface area contributed by atoms with Gasteiger partial charge in [0.25, 0.3) is 0 Å². The van der Waals surface area contributed by atoms with Crippen LogP contribution in [-0.4, -0.2) is 99.6 Å². The number of halogens is 6. The van der Waals surface area contributed by atoms with Crippen molar-refractivity contribution in [3.05, 3.63) is 154 Å². The van der Waals surface area contributed by atoms with Crippen molar-refractivity contribution in [2.75, 3.05) is 82.1 Å². The van der Waals surface area contributed by atoms with Gasteiger partial charge in [0, 0.05) is 86.2 Å². The van der Waals surface area contributed by atoms with Crippen LogP contribution in [0.3, 0.4) is 0 Å². The molecule has 0 aromatic heterocycles. The number of piperazine rings is 2. The number of hydrogen-bond acceptors (Lipinski definition) is 11. The molecular formula is C51H58Cl4F2N4O7. The maximum Gasteiger partial charge on any atom is 0.405 e. The van der Waals surface area contributed by atoms with Crippen LogP contribution in [-0.2, 0) is 20.8 Å². The highest BCUT2D eigenvalue weighted by atomic mass is 35.5. The summed E-state index contributed by atoms with van der Waals surface area (Å²) in [4.78, 5) is 16.4. The van der Waals surface area contributed by atoms with E-state index < -0.39 is 11.0 Å². The van der Waals surface area contributed by atoms with Crippen LogP contribution in [0.4, 0.5) is 25.0 Å². The zero-order valence-corrected chi connectivity index (χ0v) is 40.9. The minimum absolute atomic E-state index is 0.000101. The van der Waals surface area contributed by atoms with Crippen molar-refractivity contribution >= 4 is 63.2 Å². The summed E-state index contributed by atoms with van der Waals surface area (Å²) in [5.41, 5.74) is 3.10. The van der Waals surface area contributed by atoms with E-state index in [4.69, 9.17) is 70.5 Å². The molecule has 0 saturated carbocycles. The second-order valence-corrected chi connectivity index (χ2v) is 18.0. The molecule has 3 aliphatic heterocycles. The summed E-state index contributed by atoms with van der Waals surface area (Å²) in [7, 11) is 0. The van der Waals surface area contributed by atoms with Crippen molar-refractivity contribution in [1.82, 2.24) is 10.2 Å². The fourth-order valence-electron chi connectivity index (χ4n) is 8.15. The predicted molar refractivity (Wildman–Crippen MR) is 266 cm³/mol. The molecule has 0 bridgehead atoms.